The molecule has 3 rings (SSSR count). The molecule has 136 valence electrons. The SMILES string of the molecule is COc1ccc(C2Oc3cc(OC)c(OC)c(O)c3C(=O)C2=O)cc1O. The largest absolute Gasteiger partial charge is 0.504 e. The van der Waals surface area contributed by atoms with Crippen LogP contribution in [0.5, 0.6) is 34.5 Å². The number of carbonyl (C=O) groups is 2. The molecule has 1 heterocycles. The Morgan fingerprint density at radius 1 is 0.962 bits per heavy atom. The Morgan fingerprint density at radius 3 is 2.23 bits per heavy atom. The van der Waals surface area contributed by atoms with Crippen LogP contribution in [0.2, 0.25) is 0 Å². The van der Waals surface area contributed by atoms with E-state index in [1.807, 2.05) is 0 Å². The summed E-state index contributed by atoms with van der Waals surface area (Å²) in [7, 11) is 4.04. The predicted molar refractivity (Wildman–Crippen MR) is 88.6 cm³/mol. The summed E-state index contributed by atoms with van der Waals surface area (Å²) in [4.78, 5) is 25.0. The van der Waals surface area contributed by atoms with Crippen LogP contribution in [0.4, 0.5) is 0 Å². The van der Waals surface area contributed by atoms with E-state index in [2.05, 4.69) is 0 Å². The number of phenolic OH excluding ortho intramolecular Hbond substituents is 2. The number of ether oxygens (including phenoxy) is 4. The van der Waals surface area contributed by atoms with E-state index in [4.69, 9.17) is 18.9 Å². The second kappa shape index (κ2) is 6.47. The van der Waals surface area contributed by atoms with E-state index in [-0.39, 0.29) is 39.9 Å². The molecule has 26 heavy (non-hydrogen) atoms. The van der Waals surface area contributed by atoms with Crippen molar-refractivity contribution in [1.82, 2.24) is 0 Å². The van der Waals surface area contributed by atoms with E-state index in [1.54, 1.807) is 0 Å². The van der Waals surface area contributed by atoms with Crippen molar-refractivity contribution in [1.29, 1.82) is 0 Å². The zero-order chi connectivity index (χ0) is 19.0. The first kappa shape index (κ1) is 17.4. The van der Waals surface area contributed by atoms with Crippen molar-refractivity contribution in [2.75, 3.05) is 21.3 Å². The summed E-state index contributed by atoms with van der Waals surface area (Å²) in [5, 5.41) is 20.2. The minimum atomic E-state index is -1.27. The lowest BCUT2D eigenvalue weighted by Gasteiger charge is -2.26. The zero-order valence-corrected chi connectivity index (χ0v) is 14.2. The summed E-state index contributed by atoms with van der Waals surface area (Å²) in [6.45, 7) is 0. The van der Waals surface area contributed by atoms with Crippen LogP contribution in [0, 0.1) is 0 Å². The standard InChI is InChI=1S/C18H16O8/c1-23-10-5-4-8(6-9(10)19)17-16(22)14(20)13-11(26-17)7-12(24-2)18(25-3)15(13)21/h4-7,17,19,21H,1-3H3. The molecule has 0 spiro atoms. The fraction of sp³-hybridized carbons (Fsp3) is 0.222. The van der Waals surface area contributed by atoms with Crippen molar-refractivity contribution in [2.24, 2.45) is 0 Å². The third-order valence-electron chi connectivity index (χ3n) is 4.05. The van der Waals surface area contributed by atoms with Gasteiger partial charge in [0.25, 0.3) is 0 Å². The summed E-state index contributed by atoms with van der Waals surface area (Å²) in [6, 6.07) is 5.59. The lowest BCUT2D eigenvalue weighted by molar-refractivity contribution is -0.122. The Balaban J connectivity index is 2.11. The third-order valence-corrected chi connectivity index (χ3v) is 4.05. The van der Waals surface area contributed by atoms with Gasteiger partial charge in [0.15, 0.2) is 29.1 Å². The number of hydrogen-bond donors (Lipinski definition) is 2. The summed E-state index contributed by atoms with van der Waals surface area (Å²) >= 11 is 0. The quantitative estimate of drug-likeness (QED) is 0.797. The number of hydrogen-bond acceptors (Lipinski definition) is 8. The van der Waals surface area contributed by atoms with Crippen molar-refractivity contribution in [3.8, 4) is 34.5 Å². The second-order valence-electron chi connectivity index (χ2n) is 5.46. The van der Waals surface area contributed by atoms with Crippen LogP contribution in [-0.4, -0.2) is 43.1 Å². The van der Waals surface area contributed by atoms with E-state index in [0.29, 0.717) is 0 Å². The molecule has 0 saturated heterocycles. The molecule has 2 aromatic rings. The molecule has 1 aliphatic rings. The first-order valence-electron chi connectivity index (χ1n) is 7.53. The molecule has 2 N–H and O–H groups in total. The fourth-order valence-corrected chi connectivity index (χ4v) is 2.78. The molecule has 0 fully saturated rings. The zero-order valence-electron chi connectivity index (χ0n) is 14.2. The maximum Gasteiger partial charge on any atom is 0.248 e. The lowest BCUT2D eigenvalue weighted by atomic mass is 9.93. The van der Waals surface area contributed by atoms with Crippen LogP contribution in [0.3, 0.4) is 0 Å². The molecule has 0 amide bonds. The highest BCUT2D eigenvalue weighted by molar-refractivity contribution is 6.47. The highest BCUT2D eigenvalue weighted by Gasteiger charge is 2.40. The van der Waals surface area contributed by atoms with Gasteiger partial charge < -0.3 is 29.2 Å². The number of fused-ring (bicyclic) bond motifs is 1. The summed E-state index contributed by atoms with van der Waals surface area (Å²) in [6.07, 6.45) is -1.27. The van der Waals surface area contributed by atoms with Gasteiger partial charge >= 0.3 is 0 Å². The molecule has 0 aliphatic carbocycles. The Labute approximate surface area is 148 Å². The number of aromatic hydroxyl groups is 2. The summed E-state index contributed by atoms with van der Waals surface area (Å²) < 4.78 is 20.7. The van der Waals surface area contributed by atoms with E-state index < -0.39 is 23.4 Å². The van der Waals surface area contributed by atoms with Gasteiger partial charge in [-0.05, 0) is 12.1 Å². The van der Waals surface area contributed by atoms with Crippen molar-refractivity contribution in [2.45, 2.75) is 6.10 Å². The van der Waals surface area contributed by atoms with Gasteiger partial charge in [-0.1, -0.05) is 6.07 Å². The maximum atomic E-state index is 12.5. The topological polar surface area (TPSA) is 112 Å². The molecule has 0 bridgehead atoms. The van der Waals surface area contributed by atoms with Crippen molar-refractivity contribution in [3.63, 3.8) is 0 Å². The molecular formula is C18H16O8. The van der Waals surface area contributed by atoms with E-state index in [1.165, 1.54) is 45.6 Å². The fourth-order valence-electron chi connectivity index (χ4n) is 2.78. The first-order valence-corrected chi connectivity index (χ1v) is 7.53. The van der Waals surface area contributed by atoms with Crippen molar-refractivity contribution in [3.05, 3.63) is 35.4 Å². The molecule has 1 unspecified atom stereocenters. The van der Waals surface area contributed by atoms with E-state index >= 15 is 0 Å². The average Bonchev–Trinajstić information content (AvgIpc) is 2.63. The molecule has 1 aliphatic heterocycles. The maximum absolute atomic E-state index is 12.5. The first-order chi connectivity index (χ1) is 12.4. The van der Waals surface area contributed by atoms with Crippen LogP contribution in [0.1, 0.15) is 22.0 Å². The predicted octanol–water partition coefficient (Wildman–Crippen LogP) is 2.01. The highest BCUT2D eigenvalue weighted by Crippen LogP contribution is 2.48. The van der Waals surface area contributed by atoms with Crippen LogP contribution >= 0.6 is 0 Å². The monoisotopic (exact) mass is 360 g/mol. The molecule has 8 nitrogen and oxygen atoms in total. The van der Waals surface area contributed by atoms with Crippen LogP contribution in [0.25, 0.3) is 0 Å². The Morgan fingerprint density at radius 2 is 1.65 bits per heavy atom. The van der Waals surface area contributed by atoms with Gasteiger partial charge in [-0.2, -0.15) is 0 Å². The van der Waals surface area contributed by atoms with Gasteiger partial charge in [0.2, 0.25) is 17.3 Å². The van der Waals surface area contributed by atoms with Crippen LogP contribution in [-0.2, 0) is 4.79 Å². The molecule has 0 saturated carbocycles. The van der Waals surface area contributed by atoms with Gasteiger partial charge in [0.1, 0.15) is 11.3 Å². The van der Waals surface area contributed by atoms with Crippen molar-refractivity contribution >= 4 is 11.6 Å². The Hall–Kier alpha value is -3.42. The molecular weight excluding hydrogens is 344 g/mol. The van der Waals surface area contributed by atoms with E-state index in [0.717, 1.165) is 0 Å². The number of Topliss-reactive ketones (excluding diaryl/α,β-unsaturated/α-hetero) is 2. The molecule has 0 radical (unpaired) electrons. The number of carbonyl (C=O) groups excluding carboxylic acids is 2. The summed E-state index contributed by atoms with van der Waals surface area (Å²) in [5.41, 5.74) is -0.0248. The van der Waals surface area contributed by atoms with Gasteiger partial charge in [0, 0.05) is 11.6 Å². The molecule has 2 aromatic carbocycles. The smallest absolute Gasteiger partial charge is 0.248 e. The Bertz CT molecular complexity index is 903. The van der Waals surface area contributed by atoms with Gasteiger partial charge in [-0.25, -0.2) is 0 Å². The van der Waals surface area contributed by atoms with E-state index in [9.17, 15) is 19.8 Å². The summed E-state index contributed by atoms with van der Waals surface area (Å²) in [5.74, 6) is -2.28. The minimum absolute atomic E-state index is 0.0231. The number of methoxy groups -OCH3 is 3. The number of rotatable bonds is 4. The number of ketones is 2. The lowest BCUT2D eigenvalue weighted by Crippen LogP contribution is -2.32. The Kier molecular flexibility index (Phi) is 4.33. The van der Waals surface area contributed by atoms with Crippen LogP contribution < -0.4 is 18.9 Å². The normalized spacial score (nSPS) is 15.9. The van der Waals surface area contributed by atoms with Gasteiger partial charge in [-0.3, -0.25) is 9.59 Å². The van der Waals surface area contributed by atoms with Gasteiger partial charge in [-0.15, -0.1) is 0 Å². The average molecular weight is 360 g/mol. The minimum Gasteiger partial charge on any atom is -0.504 e. The molecule has 1 atom stereocenters. The number of benzene rings is 2. The third kappa shape index (κ3) is 2.55. The van der Waals surface area contributed by atoms with Crippen molar-refractivity contribution < 1.29 is 38.7 Å². The highest BCUT2D eigenvalue weighted by atomic mass is 16.5. The second-order valence-corrected chi connectivity index (χ2v) is 5.46. The van der Waals surface area contributed by atoms with Crippen LogP contribution in [0.15, 0.2) is 24.3 Å². The number of phenols is 2. The molecule has 0 aromatic heterocycles. The molecule has 8 heteroatoms. The van der Waals surface area contributed by atoms with Gasteiger partial charge in [0.05, 0.1) is 21.3 Å².